The van der Waals surface area contributed by atoms with Gasteiger partial charge in [0.2, 0.25) is 18.2 Å². The van der Waals surface area contributed by atoms with Gasteiger partial charge >= 0.3 is 17.9 Å². The molecule has 178 valence electrons. The molecule has 0 aromatic rings. The van der Waals surface area contributed by atoms with Gasteiger partial charge in [0.05, 0.1) is 5.92 Å². The number of aliphatic hydroxyl groups is 1. The zero-order valence-corrected chi connectivity index (χ0v) is 19.5. The molecule has 5 rings (SSSR count). The molecule has 0 amide bonds. The lowest BCUT2D eigenvalue weighted by Gasteiger charge is -2.51. The lowest BCUT2D eigenvalue weighted by molar-refractivity contribution is -0.211. The number of ether oxygens (including phenoxy) is 4. The fourth-order valence-corrected chi connectivity index (χ4v) is 8.55. The predicted molar refractivity (Wildman–Crippen MR) is 109 cm³/mol. The van der Waals surface area contributed by atoms with Crippen molar-refractivity contribution in [3.63, 3.8) is 0 Å². The van der Waals surface area contributed by atoms with E-state index in [1.54, 1.807) is 0 Å². The smallest absolute Gasteiger partial charge is 0.344 e. The Labute approximate surface area is 188 Å². The van der Waals surface area contributed by atoms with Crippen molar-refractivity contribution in [1.29, 1.82) is 0 Å². The van der Waals surface area contributed by atoms with E-state index in [9.17, 15) is 19.5 Å². The number of rotatable bonds is 3. The Kier molecular flexibility index (Phi) is 4.79. The van der Waals surface area contributed by atoms with Crippen LogP contribution < -0.4 is 0 Å². The standard InChI is InChI=1S/C24H34O8/c1-11(25)29-18-15(13-7-8-14-22(3,4)9-6-10-23(13,14)5)16-17-20(30-12(2)26)31-19(16)32-21(27)24(17,18)28/h13-20,28H,6-10H2,1-5H3/t13-,14+,15?,16?,17?,18+,19?,20?,23-,24-/m1/s1. The molecule has 32 heavy (non-hydrogen) atoms. The molecule has 2 heterocycles. The lowest BCUT2D eigenvalue weighted by atomic mass is 9.53. The largest absolute Gasteiger partial charge is 0.458 e. The highest BCUT2D eigenvalue weighted by Crippen LogP contribution is 2.69. The summed E-state index contributed by atoms with van der Waals surface area (Å²) in [7, 11) is 0. The highest BCUT2D eigenvalue weighted by Gasteiger charge is 2.80. The number of esters is 3. The summed E-state index contributed by atoms with van der Waals surface area (Å²) in [5.41, 5.74) is -1.92. The summed E-state index contributed by atoms with van der Waals surface area (Å²) in [5, 5.41) is 11.8. The van der Waals surface area contributed by atoms with Crippen LogP contribution in [-0.2, 0) is 33.3 Å². The van der Waals surface area contributed by atoms with Crippen molar-refractivity contribution in [2.75, 3.05) is 0 Å². The average molecular weight is 451 g/mol. The fraction of sp³-hybridized carbons (Fsp3) is 0.875. The lowest BCUT2D eigenvalue weighted by Crippen LogP contribution is -2.57. The maximum atomic E-state index is 13.0. The first kappa shape index (κ1) is 22.1. The van der Waals surface area contributed by atoms with Gasteiger partial charge in [0.1, 0.15) is 6.10 Å². The van der Waals surface area contributed by atoms with Crippen LogP contribution in [0.25, 0.3) is 0 Å². The monoisotopic (exact) mass is 450 g/mol. The summed E-state index contributed by atoms with van der Waals surface area (Å²) in [5.74, 6) is -2.93. The predicted octanol–water partition coefficient (Wildman–Crippen LogP) is 2.56. The van der Waals surface area contributed by atoms with E-state index in [4.69, 9.17) is 18.9 Å². The average Bonchev–Trinajstić information content (AvgIpc) is 3.22. The normalized spacial score (nSPS) is 50.5. The molecular formula is C24H34O8. The van der Waals surface area contributed by atoms with E-state index in [1.165, 1.54) is 20.3 Å². The van der Waals surface area contributed by atoms with Crippen LogP contribution in [0.15, 0.2) is 0 Å². The Morgan fingerprint density at radius 3 is 2.38 bits per heavy atom. The van der Waals surface area contributed by atoms with Gasteiger partial charge in [-0.1, -0.05) is 27.2 Å². The summed E-state index contributed by atoms with van der Waals surface area (Å²) < 4.78 is 22.4. The Balaban J connectivity index is 1.60. The molecule has 8 nitrogen and oxygen atoms in total. The van der Waals surface area contributed by atoms with Gasteiger partial charge in [-0.25, -0.2) is 4.79 Å². The molecule has 0 aromatic carbocycles. The summed E-state index contributed by atoms with van der Waals surface area (Å²) in [6, 6.07) is 0. The molecule has 3 aliphatic carbocycles. The van der Waals surface area contributed by atoms with Crippen molar-refractivity contribution in [1.82, 2.24) is 0 Å². The summed E-state index contributed by atoms with van der Waals surface area (Å²) in [6.07, 6.45) is 2.23. The fourth-order valence-electron chi connectivity index (χ4n) is 8.55. The molecule has 1 N–H and O–H groups in total. The van der Waals surface area contributed by atoms with Gasteiger partial charge in [0.15, 0.2) is 0 Å². The van der Waals surface area contributed by atoms with Gasteiger partial charge in [-0.15, -0.1) is 0 Å². The van der Waals surface area contributed by atoms with E-state index in [0.29, 0.717) is 5.92 Å². The van der Waals surface area contributed by atoms with Crippen LogP contribution in [0.4, 0.5) is 0 Å². The topological polar surface area (TPSA) is 108 Å². The van der Waals surface area contributed by atoms with Crippen LogP contribution in [-0.4, -0.2) is 47.3 Å². The van der Waals surface area contributed by atoms with Crippen LogP contribution in [0.1, 0.15) is 66.7 Å². The molecule has 0 spiro atoms. The van der Waals surface area contributed by atoms with Crippen molar-refractivity contribution in [3.8, 4) is 0 Å². The van der Waals surface area contributed by atoms with E-state index in [0.717, 1.165) is 25.7 Å². The first-order valence-corrected chi connectivity index (χ1v) is 11.8. The van der Waals surface area contributed by atoms with E-state index >= 15 is 0 Å². The van der Waals surface area contributed by atoms with Crippen molar-refractivity contribution >= 4 is 17.9 Å². The Morgan fingerprint density at radius 1 is 1.03 bits per heavy atom. The van der Waals surface area contributed by atoms with E-state index in [-0.39, 0.29) is 22.7 Å². The van der Waals surface area contributed by atoms with Crippen molar-refractivity contribution in [3.05, 3.63) is 0 Å². The molecule has 0 aromatic heterocycles. The molecule has 3 saturated carbocycles. The third kappa shape index (κ3) is 2.77. The highest BCUT2D eigenvalue weighted by atomic mass is 16.8. The molecule has 2 saturated heterocycles. The summed E-state index contributed by atoms with van der Waals surface area (Å²) >= 11 is 0. The minimum atomic E-state index is -2.10. The third-order valence-corrected chi connectivity index (χ3v) is 9.51. The van der Waals surface area contributed by atoms with Crippen molar-refractivity contribution < 1.29 is 38.4 Å². The number of carbonyl (C=O) groups excluding carboxylic acids is 3. The quantitative estimate of drug-likeness (QED) is 0.516. The SMILES string of the molecule is CC(=O)OC1OC2OC(=O)[C@@]3(O)C1C2C([C@H]1CC[C@H]2C(C)(C)CCC[C@]12C)[C@@H]3OC(C)=O. The summed E-state index contributed by atoms with van der Waals surface area (Å²) in [4.78, 5) is 36.8. The van der Waals surface area contributed by atoms with Crippen LogP contribution >= 0.6 is 0 Å². The molecule has 8 heteroatoms. The molecule has 5 fully saturated rings. The number of hydrogen-bond acceptors (Lipinski definition) is 8. The van der Waals surface area contributed by atoms with Crippen LogP contribution in [0.2, 0.25) is 0 Å². The Morgan fingerprint density at radius 2 is 1.72 bits per heavy atom. The van der Waals surface area contributed by atoms with E-state index in [2.05, 4.69) is 20.8 Å². The molecular weight excluding hydrogens is 416 g/mol. The maximum absolute atomic E-state index is 13.0. The summed E-state index contributed by atoms with van der Waals surface area (Å²) in [6.45, 7) is 9.53. The highest BCUT2D eigenvalue weighted by molar-refractivity contribution is 5.84. The van der Waals surface area contributed by atoms with Crippen LogP contribution in [0.5, 0.6) is 0 Å². The Bertz CT molecular complexity index is 853. The molecule has 10 atom stereocenters. The number of fused-ring (bicyclic) bond motifs is 1. The molecule has 0 radical (unpaired) electrons. The van der Waals surface area contributed by atoms with Gasteiger partial charge in [-0.05, 0) is 48.3 Å². The molecule has 5 unspecified atom stereocenters. The van der Waals surface area contributed by atoms with Gasteiger partial charge in [-0.3, -0.25) is 9.59 Å². The zero-order chi connectivity index (χ0) is 23.2. The van der Waals surface area contributed by atoms with Gasteiger partial charge in [0, 0.05) is 25.7 Å². The van der Waals surface area contributed by atoms with Crippen molar-refractivity contribution in [2.24, 2.45) is 40.4 Å². The van der Waals surface area contributed by atoms with Gasteiger partial charge < -0.3 is 24.1 Å². The Hall–Kier alpha value is -1.67. The minimum Gasteiger partial charge on any atom is -0.458 e. The third-order valence-electron chi connectivity index (χ3n) is 9.51. The maximum Gasteiger partial charge on any atom is 0.344 e. The second-order valence-electron chi connectivity index (χ2n) is 11.5. The van der Waals surface area contributed by atoms with Crippen LogP contribution in [0.3, 0.4) is 0 Å². The number of hydrogen-bond donors (Lipinski definition) is 1. The first-order valence-electron chi connectivity index (χ1n) is 11.8. The van der Waals surface area contributed by atoms with Crippen LogP contribution in [0, 0.1) is 40.4 Å². The second kappa shape index (κ2) is 6.92. The molecule has 2 aliphatic heterocycles. The van der Waals surface area contributed by atoms with Gasteiger partial charge in [0.25, 0.3) is 0 Å². The van der Waals surface area contributed by atoms with Crippen molar-refractivity contribution in [2.45, 2.75) is 91.0 Å². The zero-order valence-electron chi connectivity index (χ0n) is 19.5. The first-order chi connectivity index (χ1) is 14.9. The van der Waals surface area contributed by atoms with Gasteiger partial charge in [-0.2, -0.15) is 0 Å². The molecule has 4 bridgehead atoms. The minimum absolute atomic E-state index is 0.0158. The van der Waals surface area contributed by atoms with E-state index in [1.807, 2.05) is 0 Å². The van der Waals surface area contributed by atoms with E-state index < -0.39 is 54.0 Å². The molecule has 5 aliphatic rings. The second-order valence-corrected chi connectivity index (χ2v) is 11.5. The number of carbonyl (C=O) groups is 3.